The summed E-state index contributed by atoms with van der Waals surface area (Å²) in [7, 11) is 3.42. The van der Waals surface area contributed by atoms with Gasteiger partial charge in [0.05, 0.1) is 20.0 Å². The Morgan fingerprint density at radius 2 is 2.12 bits per heavy atom. The van der Waals surface area contributed by atoms with Gasteiger partial charge in [-0.15, -0.1) is 11.8 Å². The molecule has 1 heterocycles. The van der Waals surface area contributed by atoms with Crippen molar-refractivity contribution in [3.63, 3.8) is 0 Å². The molecule has 0 saturated carbocycles. The molecule has 0 aromatic heterocycles. The smallest absolute Gasteiger partial charge is 0.129 e. The molecule has 1 atom stereocenters. The standard InChI is InChI=1S/C19H24N2O2S/c1-22-15-10-14(11-16(12-15)23-2)13-24-18-7-4-3-6-17(18)19-20-8-5-9-21-19/h3-4,6-7,10,12,14H,5,8-9,11,13H2,1-2H3,(H,20,21). The van der Waals surface area contributed by atoms with Gasteiger partial charge in [-0.3, -0.25) is 4.99 Å². The molecule has 0 bridgehead atoms. The van der Waals surface area contributed by atoms with Crippen LogP contribution in [-0.2, 0) is 9.47 Å². The predicted octanol–water partition coefficient (Wildman–Crippen LogP) is 3.60. The molecule has 1 unspecified atom stereocenters. The summed E-state index contributed by atoms with van der Waals surface area (Å²) < 4.78 is 10.8. The third-order valence-electron chi connectivity index (χ3n) is 4.16. The molecule has 24 heavy (non-hydrogen) atoms. The summed E-state index contributed by atoms with van der Waals surface area (Å²) in [5.41, 5.74) is 1.21. The van der Waals surface area contributed by atoms with E-state index in [4.69, 9.17) is 9.47 Å². The minimum atomic E-state index is 0.402. The first-order chi connectivity index (χ1) is 11.8. The Balaban J connectivity index is 1.70. The number of hydrogen-bond acceptors (Lipinski definition) is 5. The predicted molar refractivity (Wildman–Crippen MR) is 99.5 cm³/mol. The van der Waals surface area contributed by atoms with Crippen molar-refractivity contribution in [1.29, 1.82) is 0 Å². The molecule has 128 valence electrons. The Labute approximate surface area is 148 Å². The lowest BCUT2D eigenvalue weighted by molar-refractivity contribution is 0.247. The number of hydrogen-bond donors (Lipinski definition) is 1. The van der Waals surface area contributed by atoms with Crippen LogP contribution in [0.25, 0.3) is 0 Å². The minimum absolute atomic E-state index is 0.402. The van der Waals surface area contributed by atoms with Gasteiger partial charge in [-0.25, -0.2) is 0 Å². The average Bonchev–Trinajstić information content (AvgIpc) is 2.67. The van der Waals surface area contributed by atoms with E-state index >= 15 is 0 Å². The van der Waals surface area contributed by atoms with E-state index in [-0.39, 0.29) is 0 Å². The van der Waals surface area contributed by atoms with E-state index in [2.05, 4.69) is 40.7 Å². The molecule has 0 fully saturated rings. The third kappa shape index (κ3) is 4.15. The van der Waals surface area contributed by atoms with E-state index in [1.165, 1.54) is 10.5 Å². The number of benzene rings is 1. The molecule has 1 aromatic carbocycles. The maximum atomic E-state index is 5.43. The van der Waals surface area contributed by atoms with Gasteiger partial charge in [0.25, 0.3) is 0 Å². The highest BCUT2D eigenvalue weighted by Gasteiger charge is 2.18. The number of aliphatic imine (C=N–C) groups is 1. The van der Waals surface area contributed by atoms with Gasteiger partial charge in [-0.2, -0.15) is 0 Å². The first-order valence-electron chi connectivity index (χ1n) is 8.31. The van der Waals surface area contributed by atoms with Crippen molar-refractivity contribution in [3.05, 3.63) is 53.5 Å². The Bertz CT molecular complexity index is 667. The summed E-state index contributed by atoms with van der Waals surface area (Å²) in [6.45, 7) is 1.91. The molecule has 0 radical (unpaired) electrons. The lowest BCUT2D eigenvalue weighted by atomic mass is 10.0. The van der Waals surface area contributed by atoms with Crippen molar-refractivity contribution < 1.29 is 9.47 Å². The molecular formula is C19H24N2O2S. The van der Waals surface area contributed by atoms with E-state index in [0.29, 0.717) is 5.92 Å². The van der Waals surface area contributed by atoms with Crippen LogP contribution in [0, 0.1) is 5.92 Å². The van der Waals surface area contributed by atoms with Crippen LogP contribution < -0.4 is 5.32 Å². The van der Waals surface area contributed by atoms with Crippen molar-refractivity contribution in [3.8, 4) is 0 Å². The van der Waals surface area contributed by atoms with Crippen LogP contribution in [0.15, 0.2) is 57.8 Å². The van der Waals surface area contributed by atoms with Gasteiger partial charge in [-0.05, 0) is 24.5 Å². The van der Waals surface area contributed by atoms with Crippen LogP contribution in [0.1, 0.15) is 18.4 Å². The number of nitrogens with zero attached hydrogens (tertiary/aromatic N) is 1. The first kappa shape index (κ1) is 17.0. The quantitative estimate of drug-likeness (QED) is 0.801. The number of nitrogens with one attached hydrogen (secondary N) is 1. The number of amidine groups is 1. The van der Waals surface area contributed by atoms with Crippen LogP contribution in [0.2, 0.25) is 0 Å². The summed E-state index contributed by atoms with van der Waals surface area (Å²) in [4.78, 5) is 5.91. The summed E-state index contributed by atoms with van der Waals surface area (Å²) in [5.74, 6) is 4.28. The van der Waals surface area contributed by atoms with Gasteiger partial charge < -0.3 is 14.8 Å². The molecule has 2 aliphatic rings. The van der Waals surface area contributed by atoms with Crippen molar-refractivity contribution in [2.75, 3.05) is 33.1 Å². The lowest BCUT2D eigenvalue weighted by Gasteiger charge is -2.21. The summed E-state index contributed by atoms with van der Waals surface area (Å²) >= 11 is 1.87. The minimum Gasteiger partial charge on any atom is -0.501 e. The van der Waals surface area contributed by atoms with E-state index in [0.717, 1.165) is 49.0 Å². The van der Waals surface area contributed by atoms with Gasteiger partial charge in [-0.1, -0.05) is 18.2 Å². The first-order valence-corrected chi connectivity index (χ1v) is 9.29. The summed E-state index contributed by atoms with van der Waals surface area (Å²) in [5, 5.41) is 3.42. The molecule has 0 amide bonds. The molecule has 1 aliphatic carbocycles. The fourth-order valence-corrected chi connectivity index (χ4v) is 3.99. The average molecular weight is 344 g/mol. The monoisotopic (exact) mass is 344 g/mol. The van der Waals surface area contributed by atoms with Gasteiger partial charge in [0.15, 0.2) is 0 Å². The second kappa shape index (κ2) is 8.29. The van der Waals surface area contributed by atoms with Crippen molar-refractivity contribution in [2.24, 2.45) is 10.9 Å². The SMILES string of the molecule is COC1=CC(CSc2ccccc2C2=NCCCN2)CC(OC)=C1. The largest absolute Gasteiger partial charge is 0.501 e. The number of thioether (sulfide) groups is 1. The van der Waals surface area contributed by atoms with Crippen LogP contribution in [0.3, 0.4) is 0 Å². The fraction of sp³-hybridized carbons (Fsp3) is 0.421. The number of allylic oxidation sites excluding steroid dienone is 3. The van der Waals surface area contributed by atoms with E-state index < -0.39 is 0 Å². The summed E-state index contributed by atoms with van der Waals surface area (Å²) in [6, 6.07) is 8.49. The van der Waals surface area contributed by atoms with E-state index in [1.807, 2.05) is 17.8 Å². The van der Waals surface area contributed by atoms with E-state index in [1.54, 1.807) is 14.2 Å². The third-order valence-corrected chi connectivity index (χ3v) is 5.42. The van der Waals surface area contributed by atoms with Gasteiger partial charge in [0, 0.05) is 41.8 Å². The molecule has 0 spiro atoms. The second-order valence-electron chi connectivity index (χ2n) is 5.87. The zero-order valence-corrected chi connectivity index (χ0v) is 15.1. The Morgan fingerprint density at radius 1 is 1.25 bits per heavy atom. The maximum Gasteiger partial charge on any atom is 0.129 e. The highest BCUT2D eigenvalue weighted by atomic mass is 32.2. The van der Waals surface area contributed by atoms with E-state index in [9.17, 15) is 0 Å². The highest BCUT2D eigenvalue weighted by molar-refractivity contribution is 7.99. The molecule has 3 rings (SSSR count). The van der Waals surface area contributed by atoms with Crippen LogP contribution in [-0.4, -0.2) is 38.9 Å². The van der Waals surface area contributed by atoms with Gasteiger partial charge >= 0.3 is 0 Å². The Hall–Kier alpha value is -1.88. The van der Waals surface area contributed by atoms with Crippen molar-refractivity contribution in [1.82, 2.24) is 5.32 Å². The number of ether oxygens (including phenoxy) is 2. The molecule has 1 aliphatic heterocycles. The molecule has 4 nitrogen and oxygen atoms in total. The highest BCUT2D eigenvalue weighted by Crippen LogP contribution is 2.31. The fourth-order valence-electron chi connectivity index (χ4n) is 2.89. The van der Waals surface area contributed by atoms with Gasteiger partial charge in [0.1, 0.15) is 11.6 Å². The zero-order chi connectivity index (χ0) is 16.8. The topological polar surface area (TPSA) is 42.8 Å². The molecule has 1 N–H and O–H groups in total. The molecule has 5 heteroatoms. The maximum absolute atomic E-state index is 5.43. The van der Waals surface area contributed by atoms with Crippen molar-refractivity contribution in [2.45, 2.75) is 17.7 Å². The van der Waals surface area contributed by atoms with Crippen LogP contribution >= 0.6 is 11.8 Å². The molecule has 1 aromatic rings. The number of methoxy groups -OCH3 is 2. The second-order valence-corrected chi connectivity index (χ2v) is 6.93. The van der Waals surface area contributed by atoms with Crippen molar-refractivity contribution >= 4 is 17.6 Å². The van der Waals surface area contributed by atoms with Gasteiger partial charge in [0.2, 0.25) is 0 Å². The zero-order valence-electron chi connectivity index (χ0n) is 14.2. The summed E-state index contributed by atoms with van der Waals surface area (Å²) in [6.07, 6.45) is 6.18. The normalized spacial score (nSPS) is 20.4. The Kier molecular flexibility index (Phi) is 5.86. The Morgan fingerprint density at radius 3 is 2.88 bits per heavy atom. The van der Waals surface area contributed by atoms with Crippen LogP contribution in [0.5, 0.6) is 0 Å². The lowest BCUT2D eigenvalue weighted by Crippen LogP contribution is -2.30. The van der Waals surface area contributed by atoms with Crippen LogP contribution in [0.4, 0.5) is 0 Å². The molecule has 0 saturated heterocycles. The number of rotatable bonds is 6. The molecular weight excluding hydrogens is 320 g/mol.